The summed E-state index contributed by atoms with van der Waals surface area (Å²) >= 11 is 6.00. The second-order valence-electron chi connectivity index (χ2n) is 7.25. The smallest absolute Gasteiger partial charge is 0.282 e. The zero-order chi connectivity index (χ0) is 18.7. The minimum Gasteiger partial charge on any atom is -0.341 e. The fourth-order valence-corrected chi connectivity index (χ4v) is 5.49. The lowest BCUT2D eigenvalue weighted by Crippen LogP contribution is -2.53. The number of nitrogens with zero attached hydrogens (tertiary/aromatic N) is 3. The van der Waals surface area contributed by atoms with Crippen LogP contribution in [0.5, 0.6) is 0 Å². The van der Waals surface area contributed by atoms with E-state index in [4.69, 9.17) is 11.6 Å². The number of amides is 1. The summed E-state index contributed by atoms with van der Waals surface area (Å²) in [4.78, 5) is 14.4. The van der Waals surface area contributed by atoms with Crippen LogP contribution >= 0.6 is 11.6 Å². The maximum Gasteiger partial charge on any atom is 0.282 e. The number of hydrogen-bond donors (Lipinski definition) is 0. The lowest BCUT2D eigenvalue weighted by Gasteiger charge is -2.36. The van der Waals surface area contributed by atoms with E-state index in [9.17, 15) is 13.2 Å². The summed E-state index contributed by atoms with van der Waals surface area (Å²) in [6.45, 7) is 4.63. The van der Waals surface area contributed by atoms with Gasteiger partial charge in [-0.15, -0.1) is 0 Å². The zero-order valence-corrected chi connectivity index (χ0v) is 16.7. The minimum absolute atomic E-state index is 0.0684. The highest BCUT2D eigenvalue weighted by Gasteiger charge is 2.36. The van der Waals surface area contributed by atoms with Crippen molar-refractivity contribution in [2.75, 3.05) is 32.7 Å². The predicted molar refractivity (Wildman–Crippen MR) is 102 cm³/mol. The summed E-state index contributed by atoms with van der Waals surface area (Å²) in [7, 11) is -3.65. The van der Waals surface area contributed by atoms with Crippen molar-refractivity contribution >= 4 is 27.7 Å². The Hall–Kier alpha value is -1.15. The molecule has 0 saturated carbocycles. The molecule has 1 atom stereocenters. The lowest BCUT2D eigenvalue weighted by molar-refractivity contribution is -0.133. The van der Waals surface area contributed by atoms with E-state index in [1.807, 2.05) is 12.1 Å². The molecule has 26 heavy (non-hydrogen) atoms. The van der Waals surface area contributed by atoms with Crippen molar-refractivity contribution in [1.29, 1.82) is 0 Å². The highest BCUT2D eigenvalue weighted by Crippen LogP contribution is 2.22. The summed E-state index contributed by atoms with van der Waals surface area (Å²) in [6, 6.07) is 7.21. The van der Waals surface area contributed by atoms with E-state index in [-0.39, 0.29) is 19.0 Å². The topological polar surface area (TPSA) is 60.9 Å². The Morgan fingerprint density at radius 3 is 2.69 bits per heavy atom. The molecule has 0 spiro atoms. The number of benzene rings is 1. The molecule has 0 aliphatic carbocycles. The molecule has 144 valence electrons. The van der Waals surface area contributed by atoms with E-state index in [2.05, 4.69) is 6.92 Å². The van der Waals surface area contributed by atoms with Crippen LogP contribution in [0, 0.1) is 5.92 Å². The Morgan fingerprint density at radius 1 is 1.19 bits per heavy atom. The molecule has 1 amide bonds. The van der Waals surface area contributed by atoms with Crippen LogP contribution in [0.2, 0.25) is 5.02 Å². The van der Waals surface area contributed by atoms with Crippen LogP contribution < -0.4 is 0 Å². The van der Waals surface area contributed by atoms with Gasteiger partial charge in [0, 0.05) is 37.7 Å². The van der Waals surface area contributed by atoms with Crippen molar-refractivity contribution in [1.82, 2.24) is 13.5 Å². The fraction of sp³-hybridized carbons (Fsp3) is 0.611. The number of hydrogen-bond acceptors (Lipinski definition) is 3. The van der Waals surface area contributed by atoms with Gasteiger partial charge in [0.1, 0.15) is 0 Å². The van der Waals surface area contributed by atoms with E-state index >= 15 is 0 Å². The Balaban J connectivity index is 1.67. The highest BCUT2D eigenvalue weighted by molar-refractivity contribution is 7.86. The molecular weight excluding hydrogens is 374 g/mol. The van der Waals surface area contributed by atoms with E-state index in [0.717, 1.165) is 31.5 Å². The Kier molecular flexibility index (Phi) is 6.22. The number of likely N-dealkylation sites (tertiary alicyclic amines) is 1. The number of carbonyl (C=O) groups is 1. The van der Waals surface area contributed by atoms with E-state index in [0.29, 0.717) is 30.5 Å². The first-order valence-corrected chi connectivity index (χ1v) is 10.9. The summed E-state index contributed by atoms with van der Waals surface area (Å²) in [6.07, 6.45) is 2.82. The number of carbonyl (C=O) groups excluding carboxylic acids is 1. The average Bonchev–Trinajstić information content (AvgIpc) is 2.58. The van der Waals surface area contributed by atoms with E-state index in [1.54, 1.807) is 17.0 Å². The van der Waals surface area contributed by atoms with Crippen molar-refractivity contribution in [2.45, 2.75) is 32.7 Å². The third-order valence-corrected chi connectivity index (χ3v) is 7.20. The van der Waals surface area contributed by atoms with Gasteiger partial charge in [-0.3, -0.25) is 4.79 Å². The third-order valence-electron chi connectivity index (χ3n) is 5.04. The van der Waals surface area contributed by atoms with Crippen LogP contribution in [0.1, 0.15) is 31.7 Å². The molecule has 1 aromatic carbocycles. The summed E-state index contributed by atoms with van der Waals surface area (Å²) in [5, 5.41) is 0.586. The molecule has 2 aliphatic heterocycles. The summed E-state index contributed by atoms with van der Waals surface area (Å²) in [5.74, 6) is 0.384. The molecule has 8 heteroatoms. The Bertz CT molecular complexity index is 756. The highest BCUT2D eigenvalue weighted by atomic mass is 35.5. The zero-order valence-electron chi connectivity index (χ0n) is 15.1. The van der Waals surface area contributed by atoms with Crippen molar-refractivity contribution in [3.8, 4) is 0 Å². The standard InChI is InChI=1S/C18H26ClN3O3S/c1-15-5-3-8-20(12-15)18(23)14-22-10-4-9-21(26(22,24)25)13-16-6-2-7-17(19)11-16/h2,6-7,11,15H,3-5,8-10,12-14H2,1H3/t15-/m1/s1. The van der Waals surface area contributed by atoms with Crippen LogP contribution in [0.15, 0.2) is 24.3 Å². The van der Waals surface area contributed by atoms with Crippen LogP contribution in [0.4, 0.5) is 0 Å². The second kappa shape index (κ2) is 8.25. The van der Waals surface area contributed by atoms with Crippen LogP contribution in [-0.4, -0.2) is 60.6 Å². The first kappa shape index (κ1) is 19.6. The van der Waals surface area contributed by atoms with Gasteiger partial charge < -0.3 is 4.90 Å². The largest absolute Gasteiger partial charge is 0.341 e. The first-order chi connectivity index (χ1) is 12.4. The number of rotatable bonds is 4. The fourth-order valence-electron chi connectivity index (χ4n) is 3.64. The molecule has 0 radical (unpaired) electrons. The Labute approximate surface area is 160 Å². The van der Waals surface area contributed by atoms with Crippen molar-refractivity contribution in [3.63, 3.8) is 0 Å². The molecule has 3 rings (SSSR count). The lowest BCUT2D eigenvalue weighted by atomic mass is 10.0. The monoisotopic (exact) mass is 399 g/mol. The van der Waals surface area contributed by atoms with Crippen molar-refractivity contribution in [3.05, 3.63) is 34.9 Å². The number of piperidine rings is 1. The summed E-state index contributed by atoms with van der Waals surface area (Å²) in [5.41, 5.74) is 0.846. The second-order valence-corrected chi connectivity index (χ2v) is 9.61. The maximum atomic E-state index is 12.9. The minimum atomic E-state index is -3.65. The van der Waals surface area contributed by atoms with Gasteiger partial charge in [-0.1, -0.05) is 30.7 Å². The molecule has 2 heterocycles. The molecule has 1 aromatic rings. The van der Waals surface area contributed by atoms with Gasteiger partial charge in [0.2, 0.25) is 5.91 Å². The molecule has 2 aliphatic rings. The molecule has 0 N–H and O–H groups in total. The van der Waals surface area contributed by atoms with Crippen LogP contribution in [-0.2, 0) is 21.5 Å². The Morgan fingerprint density at radius 2 is 1.96 bits per heavy atom. The van der Waals surface area contributed by atoms with E-state index in [1.165, 1.54) is 8.61 Å². The van der Waals surface area contributed by atoms with Gasteiger partial charge >= 0.3 is 0 Å². The van der Waals surface area contributed by atoms with E-state index < -0.39 is 10.2 Å². The third kappa shape index (κ3) is 4.57. The van der Waals surface area contributed by atoms with Gasteiger partial charge in [0.05, 0.1) is 6.54 Å². The van der Waals surface area contributed by atoms with Crippen molar-refractivity contribution in [2.24, 2.45) is 5.92 Å². The van der Waals surface area contributed by atoms with Gasteiger partial charge in [-0.05, 0) is 42.9 Å². The van der Waals surface area contributed by atoms with Gasteiger partial charge in [0.25, 0.3) is 10.2 Å². The molecule has 0 aromatic heterocycles. The SMILES string of the molecule is C[C@@H]1CCCN(C(=O)CN2CCCN(Cc3cccc(Cl)c3)S2(=O)=O)C1. The molecule has 2 saturated heterocycles. The first-order valence-electron chi connectivity index (χ1n) is 9.13. The maximum absolute atomic E-state index is 12.9. The van der Waals surface area contributed by atoms with Gasteiger partial charge in [-0.2, -0.15) is 17.0 Å². The summed E-state index contributed by atoms with van der Waals surface area (Å²) < 4.78 is 28.6. The average molecular weight is 400 g/mol. The van der Waals surface area contributed by atoms with Crippen LogP contribution in [0.25, 0.3) is 0 Å². The van der Waals surface area contributed by atoms with Crippen LogP contribution in [0.3, 0.4) is 0 Å². The quantitative estimate of drug-likeness (QED) is 0.780. The van der Waals surface area contributed by atoms with Gasteiger partial charge in [0.15, 0.2) is 0 Å². The van der Waals surface area contributed by atoms with Crippen molar-refractivity contribution < 1.29 is 13.2 Å². The molecule has 0 unspecified atom stereocenters. The molecule has 6 nitrogen and oxygen atoms in total. The normalized spacial score (nSPS) is 24.5. The molecular formula is C18H26ClN3O3S. The number of halogens is 1. The molecule has 2 fully saturated rings. The predicted octanol–water partition coefficient (Wildman–Crippen LogP) is 2.35. The molecule has 0 bridgehead atoms. The van der Waals surface area contributed by atoms with Gasteiger partial charge in [-0.25, -0.2) is 0 Å².